The van der Waals surface area contributed by atoms with Crippen LogP contribution in [0.5, 0.6) is 0 Å². The number of aliphatic hydroxyl groups excluding tert-OH is 1. The Bertz CT molecular complexity index is 492. The zero-order valence-corrected chi connectivity index (χ0v) is 12.3. The monoisotopic (exact) mass is 281 g/mol. The van der Waals surface area contributed by atoms with Crippen LogP contribution in [0.4, 0.5) is 0 Å². The number of amides is 1. The van der Waals surface area contributed by atoms with E-state index in [0.717, 1.165) is 12.2 Å². The summed E-state index contributed by atoms with van der Waals surface area (Å²) in [5, 5.41) is 23.0. The maximum absolute atomic E-state index is 12.0. The molecule has 0 spiro atoms. The van der Waals surface area contributed by atoms with Gasteiger partial charge in [-0.25, -0.2) is 0 Å². The first-order valence-corrected chi connectivity index (χ1v) is 7.07. The Morgan fingerprint density at radius 2 is 2.20 bits per heavy atom. The summed E-state index contributed by atoms with van der Waals surface area (Å²) in [6.45, 7) is 5.36. The summed E-state index contributed by atoms with van der Waals surface area (Å²) >= 11 is 0. The number of carbonyl (C=O) groups is 1. The van der Waals surface area contributed by atoms with Crippen LogP contribution in [0, 0.1) is 19.8 Å². The average molecular weight is 281 g/mol. The van der Waals surface area contributed by atoms with Gasteiger partial charge >= 0.3 is 0 Å². The Kier molecular flexibility index (Phi) is 4.20. The molecule has 1 amide bonds. The lowest BCUT2D eigenvalue weighted by molar-refractivity contribution is -0.128. The smallest absolute Gasteiger partial charge is 0.225 e. The summed E-state index contributed by atoms with van der Waals surface area (Å²) in [6, 6.07) is 1.78. The highest BCUT2D eigenvalue weighted by Gasteiger charge is 2.34. The molecule has 1 fully saturated rings. The van der Waals surface area contributed by atoms with E-state index in [-0.39, 0.29) is 18.4 Å². The van der Waals surface area contributed by atoms with Crippen LogP contribution in [0.3, 0.4) is 0 Å². The maximum atomic E-state index is 12.0. The molecule has 20 heavy (non-hydrogen) atoms. The summed E-state index contributed by atoms with van der Waals surface area (Å²) in [4.78, 5) is 12.0. The van der Waals surface area contributed by atoms with Crippen molar-refractivity contribution >= 4 is 5.91 Å². The molecular weight excluding hydrogens is 258 g/mol. The first-order chi connectivity index (χ1) is 9.31. The second-order valence-corrected chi connectivity index (χ2v) is 5.92. The molecule has 3 N–H and O–H groups in total. The third-order valence-corrected chi connectivity index (χ3v) is 4.04. The number of aryl methyl sites for hydroxylation is 2. The molecule has 0 bridgehead atoms. The van der Waals surface area contributed by atoms with Gasteiger partial charge in [-0.3, -0.25) is 4.79 Å². The largest absolute Gasteiger partial charge is 0.466 e. The molecule has 5 nitrogen and oxygen atoms in total. The van der Waals surface area contributed by atoms with Gasteiger partial charge in [-0.05, 0) is 46.1 Å². The molecule has 3 unspecified atom stereocenters. The van der Waals surface area contributed by atoms with Gasteiger partial charge in [0.15, 0.2) is 0 Å². The van der Waals surface area contributed by atoms with Crippen LogP contribution in [0.2, 0.25) is 0 Å². The summed E-state index contributed by atoms with van der Waals surface area (Å²) < 4.78 is 5.41. The fourth-order valence-corrected chi connectivity index (χ4v) is 2.90. The maximum Gasteiger partial charge on any atom is 0.225 e. The third kappa shape index (κ3) is 3.04. The molecule has 0 aromatic carbocycles. The number of hydrogen-bond acceptors (Lipinski definition) is 4. The Morgan fingerprint density at radius 1 is 1.50 bits per heavy atom. The molecule has 112 valence electrons. The van der Waals surface area contributed by atoms with Crippen LogP contribution >= 0.6 is 0 Å². The topological polar surface area (TPSA) is 82.7 Å². The van der Waals surface area contributed by atoms with Crippen molar-refractivity contribution in [2.75, 3.05) is 6.54 Å². The predicted molar refractivity (Wildman–Crippen MR) is 74.1 cm³/mol. The lowest BCUT2D eigenvalue weighted by Crippen LogP contribution is -2.42. The Balaban J connectivity index is 1.98. The fourth-order valence-electron chi connectivity index (χ4n) is 2.90. The molecule has 1 saturated carbocycles. The normalized spacial score (nSPS) is 25.4. The van der Waals surface area contributed by atoms with Gasteiger partial charge in [0.1, 0.15) is 17.1 Å². The van der Waals surface area contributed by atoms with Gasteiger partial charge in [-0.2, -0.15) is 0 Å². The molecule has 1 aliphatic rings. The quantitative estimate of drug-likeness (QED) is 0.778. The van der Waals surface area contributed by atoms with Gasteiger partial charge < -0.3 is 19.9 Å². The molecular formula is C15H23NO4. The van der Waals surface area contributed by atoms with Crippen LogP contribution in [-0.4, -0.2) is 28.8 Å². The molecule has 1 heterocycles. The van der Waals surface area contributed by atoms with Gasteiger partial charge in [0.25, 0.3) is 0 Å². The minimum absolute atomic E-state index is 0.106. The number of nitrogens with one attached hydrogen (secondary N) is 1. The van der Waals surface area contributed by atoms with Crippen molar-refractivity contribution in [3.05, 3.63) is 23.2 Å². The molecule has 0 aliphatic heterocycles. The van der Waals surface area contributed by atoms with E-state index in [1.807, 2.05) is 6.92 Å². The number of hydrogen-bond donors (Lipinski definition) is 3. The van der Waals surface area contributed by atoms with Crippen molar-refractivity contribution in [2.24, 2.45) is 5.92 Å². The third-order valence-electron chi connectivity index (χ3n) is 4.04. The van der Waals surface area contributed by atoms with Gasteiger partial charge in [0.05, 0.1) is 18.6 Å². The van der Waals surface area contributed by atoms with Gasteiger partial charge in [0.2, 0.25) is 5.91 Å². The van der Waals surface area contributed by atoms with Crippen LogP contribution in [0.15, 0.2) is 10.5 Å². The fraction of sp³-hybridized carbons (Fsp3) is 0.667. The second-order valence-electron chi connectivity index (χ2n) is 5.92. The molecule has 2 rings (SSSR count). The van der Waals surface area contributed by atoms with Gasteiger partial charge in [0, 0.05) is 5.56 Å². The molecule has 0 saturated heterocycles. The Hall–Kier alpha value is -1.33. The summed E-state index contributed by atoms with van der Waals surface area (Å²) in [6.07, 6.45) is 1.70. The van der Waals surface area contributed by atoms with Gasteiger partial charge in [-0.15, -0.1) is 0 Å². The van der Waals surface area contributed by atoms with Gasteiger partial charge in [-0.1, -0.05) is 0 Å². The van der Waals surface area contributed by atoms with Crippen LogP contribution < -0.4 is 5.32 Å². The van der Waals surface area contributed by atoms with Crippen molar-refractivity contribution in [2.45, 2.75) is 51.7 Å². The van der Waals surface area contributed by atoms with Crippen LogP contribution in [-0.2, 0) is 10.4 Å². The van der Waals surface area contributed by atoms with Crippen LogP contribution in [0.1, 0.15) is 43.3 Å². The highest BCUT2D eigenvalue weighted by atomic mass is 16.3. The van der Waals surface area contributed by atoms with E-state index in [9.17, 15) is 15.0 Å². The van der Waals surface area contributed by atoms with Crippen molar-refractivity contribution in [3.8, 4) is 0 Å². The number of furan rings is 1. The highest BCUT2D eigenvalue weighted by molar-refractivity contribution is 5.79. The highest BCUT2D eigenvalue weighted by Crippen LogP contribution is 2.28. The SMILES string of the molecule is Cc1cc(C(C)(O)CNC(=O)C2CCCC2O)c(C)o1. The Morgan fingerprint density at radius 3 is 2.70 bits per heavy atom. The zero-order chi connectivity index (χ0) is 14.9. The lowest BCUT2D eigenvalue weighted by Gasteiger charge is -2.24. The number of rotatable bonds is 4. The molecule has 1 aliphatic carbocycles. The average Bonchev–Trinajstić information content (AvgIpc) is 2.92. The Labute approximate surface area is 119 Å². The standard InChI is InChI=1S/C15H23NO4/c1-9-7-12(10(2)20-9)15(3,19)8-16-14(18)11-5-4-6-13(11)17/h7,11,13,17,19H,4-6,8H2,1-3H3,(H,16,18). The number of aliphatic hydroxyl groups is 2. The minimum atomic E-state index is -1.18. The first kappa shape index (κ1) is 15.1. The lowest BCUT2D eigenvalue weighted by atomic mass is 9.95. The summed E-state index contributed by atoms with van der Waals surface area (Å²) in [5.41, 5.74) is -0.497. The second kappa shape index (κ2) is 5.58. The van der Waals surface area contributed by atoms with E-state index in [1.54, 1.807) is 19.9 Å². The van der Waals surface area contributed by atoms with E-state index < -0.39 is 11.7 Å². The number of carbonyl (C=O) groups excluding carboxylic acids is 1. The summed E-state index contributed by atoms with van der Waals surface area (Å²) in [7, 11) is 0. The van der Waals surface area contributed by atoms with E-state index in [4.69, 9.17) is 4.42 Å². The molecule has 1 aromatic heterocycles. The van der Waals surface area contributed by atoms with E-state index >= 15 is 0 Å². The van der Waals surface area contributed by atoms with E-state index in [1.165, 1.54) is 0 Å². The summed E-state index contributed by atoms with van der Waals surface area (Å²) in [5.74, 6) is 0.851. The molecule has 0 radical (unpaired) electrons. The van der Waals surface area contributed by atoms with E-state index in [2.05, 4.69) is 5.32 Å². The molecule has 1 aromatic rings. The molecule has 3 atom stereocenters. The van der Waals surface area contributed by atoms with E-state index in [0.29, 0.717) is 24.2 Å². The first-order valence-electron chi connectivity index (χ1n) is 7.07. The van der Waals surface area contributed by atoms with Crippen LogP contribution in [0.25, 0.3) is 0 Å². The predicted octanol–water partition coefficient (Wildman–Crippen LogP) is 1.38. The van der Waals surface area contributed by atoms with Crippen molar-refractivity contribution in [1.82, 2.24) is 5.32 Å². The minimum Gasteiger partial charge on any atom is -0.466 e. The van der Waals surface area contributed by atoms with Crippen molar-refractivity contribution in [1.29, 1.82) is 0 Å². The van der Waals surface area contributed by atoms with Crippen molar-refractivity contribution in [3.63, 3.8) is 0 Å². The molecule has 5 heteroatoms. The zero-order valence-electron chi connectivity index (χ0n) is 12.3. The van der Waals surface area contributed by atoms with Crippen molar-refractivity contribution < 1.29 is 19.4 Å².